The highest BCUT2D eigenvalue weighted by Crippen LogP contribution is 2.22. The van der Waals surface area contributed by atoms with Crippen molar-refractivity contribution in [3.63, 3.8) is 0 Å². The second kappa shape index (κ2) is 5.61. The Labute approximate surface area is 124 Å². The van der Waals surface area contributed by atoms with E-state index in [1.165, 1.54) is 18.5 Å². The smallest absolute Gasteiger partial charge is 0.155 e. The first-order valence-corrected chi connectivity index (χ1v) is 7.76. The van der Waals surface area contributed by atoms with Crippen molar-refractivity contribution in [1.29, 1.82) is 0 Å². The quantitative estimate of drug-likeness (QED) is 0.825. The van der Waals surface area contributed by atoms with Gasteiger partial charge in [0.05, 0.1) is 37.5 Å². The molecule has 0 amide bonds. The summed E-state index contributed by atoms with van der Waals surface area (Å²) in [7, 11) is 0. The topological polar surface area (TPSA) is 45.9 Å². The summed E-state index contributed by atoms with van der Waals surface area (Å²) in [4.78, 5) is 9.47. The lowest BCUT2D eigenvalue weighted by molar-refractivity contribution is 0.0115. The molecule has 0 bridgehead atoms. The van der Waals surface area contributed by atoms with Crippen LogP contribution in [0.25, 0.3) is 5.65 Å². The van der Waals surface area contributed by atoms with Crippen molar-refractivity contribution in [2.75, 3.05) is 44.3 Å². The number of hydrogen-bond donors (Lipinski definition) is 0. The number of morpholine rings is 1. The molecule has 21 heavy (non-hydrogen) atoms. The van der Waals surface area contributed by atoms with Gasteiger partial charge in [0, 0.05) is 38.3 Å². The van der Waals surface area contributed by atoms with E-state index in [2.05, 4.69) is 26.1 Å². The lowest BCUT2D eigenvalue weighted by Gasteiger charge is -2.40. The molecule has 0 aliphatic carbocycles. The van der Waals surface area contributed by atoms with Gasteiger partial charge in [0.15, 0.2) is 5.65 Å². The summed E-state index contributed by atoms with van der Waals surface area (Å²) in [6.07, 6.45) is 8.27. The van der Waals surface area contributed by atoms with E-state index in [1.807, 2.05) is 16.8 Å². The predicted molar refractivity (Wildman–Crippen MR) is 80.6 cm³/mol. The van der Waals surface area contributed by atoms with E-state index in [-0.39, 0.29) is 0 Å². The van der Waals surface area contributed by atoms with Crippen molar-refractivity contribution in [2.24, 2.45) is 0 Å². The third-order valence-corrected chi connectivity index (χ3v) is 4.62. The van der Waals surface area contributed by atoms with Crippen molar-refractivity contribution in [1.82, 2.24) is 19.5 Å². The van der Waals surface area contributed by atoms with E-state index in [1.54, 1.807) is 6.20 Å². The summed E-state index contributed by atoms with van der Waals surface area (Å²) in [5.74, 6) is 0. The van der Waals surface area contributed by atoms with Crippen LogP contribution in [0.4, 0.5) is 5.69 Å². The van der Waals surface area contributed by atoms with Crippen LogP contribution in [0.5, 0.6) is 0 Å². The minimum Gasteiger partial charge on any atom is -0.379 e. The lowest BCUT2D eigenvalue weighted by Crippen LogP contribution is -2.49. The van der Waals surface area contributed by atoms with E-state index in [9.17, 15) is 0 Å². The normalized spacial score (nSPS) is 22.0. The number of hydrogen-bond acceptors (Lipinski definition) is 5. The molecule has 0 atom stereocenters. The molecule has 4 rings (SSSR count). The second-order valence-corrected chi connectivity index (χ2v) is 5.81. The Kier molecular flexibility index (Phi) is 3.48. The van der Waals surface area contributed by atoms with Gasteiger partial charge in [-0.2, -0.15) is 5.10 Å². The molecule has 2 aromatic heterocycles. The van der Waals surface area contributed by atoms with Crippen LogP contribution in [0.15, 0.2) is 24.7 Å². The number of ether oxygens (including phenoxy) is 1. The van der Waals surface area contributed by atoms with Crippen LogP contribution in [0.3, 0.4) is 0 Å². The third-order valence-electron chi connectivity index (χ3n) is 4.62. The predicted octanol–water partition coefficient (Wildman–Crippen LogP) is 1.03. The lowest BCUT2D eigenvalue weighted by atomic mass is 10.0. The number of fused-ring (bicyclic) bond motifs is 1. The largest absolute Gasteiger partial charge is 0.379 e. The van der Waals surface area contributed by atoms with Crippen molar-refractivity contribution < 1.29 is 4.74 Å². The van der Waals surface area contributed by atoms with Gasteiger partial charge in [-0.1, -0.05) is 0 Å². The average Bonchev–Trinajstić information content (AvgIpc) is 3.03. The average molecular weight is 287 g/mol. The number of aromatic nitrogens is 3. The molecule has 6 heteroatoms. The molecule has 2 saturated heterocycles. The molecule has 0 spiro atoms. The van der Waals surface area contributed by atoms with E-state index >= 15 is 0 Å². The van der Waals surface area contributed by atoms with E-state index < -0.39 is 0 Å². The van der Waals surface area contributed by atoms with Crippen molar-refractivity contribution >= 4 is 11.3 Å². The van der Waals surface area contributed by atoms with Gasteiger partial charge >= 0.3 is 0 Å². The molecular weight excluding hydrogens is 266 g/mol. The first kappa shape index (κ1) is 13.0. The third kappa shape index (κ3) is 2.61. The molecule has 0 N–H and O–H groups in total. The maximum Gasteiger partial charge on any atom is 0.155 e. The maximum atomic E-state index is 5.44. The highest BCUT2D eigenvalue weighted by atomic mass is 16.5. The molecule has 2 aromatic rings. The molecule has 6 nitrogen and oxygen atoms in total. The van der Waals surface area contributed by atoms with Crippen LogP contribution >= 0.6 is 0 Å². The summed E-state index contributed by atoms with van der Waals surface area (Å²) in [5.41, 5.74) is 2.08. The van der Waals surface area contributed by atoms with Crippen LogP contribution in [0.1, 0.15) is 12.8 Å². The monoisotopic (exact) mass is 287 g/mol. The molecule has 0 unspecified atom stereocenters. The van der Waals surface area contributed by atoms with Crippen LogP contribution in [-0.4, -0.2) is 64.9 Å². The zero-order chi connectivity index (χ0) is 14.1. The zero-order valence-corrected chi connectivity index (χ0v) is 12.2. The molecule has 4 heterocycles. The summed E-state index contributed by atoms with van der Waals surface area (Å²) in [5, 5.41) is 4.27. The van der Waals surface area contributed by atoms with Crippen molar-refractivity contribution in [3.05, 3.63) is 24.7 Å². The summed E-state index contributed by atoms with van der Waals surface area (Å²) >= 11 is 0. The van der Waals surface area contributed by atoms with E-state index in [4.69, 9.17) is 4.74 Å². The van der Waals surface area contributed by atoms with Crippen LogP contribution in [-0.2, 0) is 4.74 Å². The fourth-order valence-corrected chi connectivity index (χ4v) is 3.40. The Morgan fingerprint density at radius 2 is 1.90 bits per heavy atom. The molecule has 0 radical (unpaired) electrons. The molecular formula is C15H21N5O. The minimum absolute atomic E-state index is 0.714. The molecule has 2 aliphatic heterocycles. The second-order valence-electron chi connectivity index (χ2n) is 5.81. The minimum atomic E-state index is 0.714. The summed E-state index contributed by atoms with van der Waals surface area (Å²) in [6.45, 7) is 6.14. The van der Waals surface area contributed by atoms with Gasteiger partial charge in [0.1, 0.15) is 0 Å². The Hall–Kier alpha value is -1.66. The number of nitrogens with zero attached hydrogens (tertiary/aromatic N) is 5. The Balaban J connectivity index is 1.42. The highest BCUT2D eigenvalue weighted by molar-refractivity contribution is 5.48. The van der Waals surface area contributed by atoms with Gasteiger partial charge in [-0.15, -0.1) is 0 Å². The van der Waals surface area contributed by atoms with Gasteiger partial charge in [-0.25, -0.2) is 9.50 Å². The Morgan fingerprint density at radius 1 is 1.10 bits per heavy atom. The van der Waals surface area contributed by atoms with Crippen molar-refractivity contribution in [3.8, 4) is 0 Å². The molecule has 2 aliphatic rings. The van der Waals surface area contributed by atoms with Gasteiger partial charge in [0.2, 0.25) is 0 Å². The molecule has 112 valence electrons. The van der Waals surface area contributed by atoms with Gasteiger partial charge in [0.25, 0.3) is 0 Å². The first-order chi connectivity index (χ1) is 10.4. The fraction of sp³-hybridized carbons (Fsp3) is 0.600. The number of anilines is 1. The molecule has 0 aromatic carbocycles. The Morgan fingerprint density at radius 3 is 2.71 bits per heavy atom. The SMILES string of the molecule is c1cc2ncc(N3CCC(N4CCOCC4)CC3)cn2n1. The van der Waals surface area contributed by atoms with Crippen LogP contribution < -0.4 is 4.90 Å². The van der Waals surface area contributed by atoms with Gasteiger partial charge < -0.3 is 9.64 Å². The van der Waals surface area contributed by atoms with Gasteiger partial charge in [-0.05, 0) is 12.8 Å². The zero-order valence-electron chi connectivity index (χ0n) is 12.2. The van der Waals surface area contributed by atoms with Crippen LogP contribution in [0, 0.1) is 0 Å². The van der Waals surface area contributed by atoms with E-state index in [0.717, 1.165) is 45.0 Å². The maximum absolute atomic E-state index is 5.44. The van der Waals surface area contributed by atoms with Gasteiger partial charge in [-0.3, -0.25) is 4.90 Å². The molecule has 0 saturated carbocycles. The summed E-state index contributed by atoms with van der Waals surface area (Å²) in [6, 6.07) is 2.64. The highest BCUT2D eigenvalue weighted by Gasteiger charge is 2.26. The Bertz CT molecular complexity index is 599. The number of rotatable bonds is 2. The van der Waals surface area contributed by atoms with Crippen molar-refractivity contribution in [2.45, 2.75) is 18.9 Å². The summed E-state index contributed by atoms with van der Waals surface area (Å²) < 4.78 is 7.29. The fourth-order valence-electron chi connectivity index (χ4n) is 3.40. The van der Waals surface area contributed by atoms with E-state index in [0.29, 0.717) is 6.04 Å². The first-order valence-electron chi connectivity index (χ1n) is 7.76. The molecule has 2 fully saturated rings. The van der Waals surface area contributed by atoms with Crippen LogP contribution in [0.2, 0.25) is 0 Å². The standard InChI is InChI=1S/C15H21N5O/c1-4-17-20-12-14(11-16-15(1)20)18-5-2-13(3-6-18)19-7-9-21-10-8-19/h1,4,11-13H,2-3,5-10H2. The number of piperidine rings is 1.